The molecule has 2 aliphatic heterocycles. The number of halogens is 1. The summed E-state index contributed by atoms with van der Waals surface area (Å²) in [7, 11) is 0. The number of rotatable bonds is 2. The molecule has 2 aliphatic rings. The predicted octanol–water partition coefficient (Wildman–Crippen LogP) is 1.93. The molecule has 3 nitrogen and oxygen atoms in total. The van der Waals surface area contributed by atoms with E-state index in [9.17, 15) is 9.18 Å². The smallest absolute Gasteiger partial charge is 0.230 e. The standard InChI is InChI=1S/C15H19FN2O/c16-13-5-2-1-4-12(13)10-18-9-7-15(14(18)19)6-3-8-17-11-15/h1-2,4-5,17H,3,6-11H2. The first-order valence-electron chi connectivity index (χ1n) is 6.95. The number of hydrogen-bond acceptors (Lipinski definition) is 2. The third-order valence-electron chi connectivity index (χ3n) is 4.39. The van der Waals surface area contributed by atoms with E-state index in [1.165, 1.54) is 6.07 Å². The van der Waals surface area contributed by atoms with Gasteiger partial charge in [0.05, 0.1) is 5.41 Å². The minimum atomic E-state index is -0.224. The fourth-order valence-electron chi connectivity index (χ4n) is 3.24. The second-order valence-corrected chi connectivity index (χ2v) is 5.63. The fourth-order valence-corrected chi connectivity index (χ4v) is 3.24. The van der Waals surface area contributed by atoms with Gasteiger partial charge in [0, 0.05) is 25.2 Å². The summed E-state index contributed by atoms with van der Waals surface area (Å²) in [6, 6.07) is 6.70. The minimum absolute atomic E-state index is 0.197. The van der Waals surface area contributed by atoms with Gasteiger partial charge in [0.25, 0.3) is 0 Å². The van der Waals surface area contributed by atoms with Crippen molar-refractivity contribution >= 4 is 5.91 Å². The van der Waals surface area contributed by atoms with E-state index >= 15 is 0 Å². The first-order chi connectivity index (χ1) is 9.21. The second kappa shape index (κ2) is 4.93. The van der Waals surface area contributed by atoms with Crippen LogP contribution < -0.4 is 5.32 Å². The number of nitrogens with zero attached hydrogens (tertiary/aromatic N) is 1. The molecular formula is C15H19FN2O. The molecule has 1 aromatic rings. The Balaban J connectivity index is 1.74. The lowest BCUT2D eigenvalue weighted by Gasteiger charge is -2.32. The molecule has 0 aliphatic carbocycles. The summed E-state index contributed by atoms with van der Waals surface area (Å²) in [5.74, 6) is -0.0269. The third-order valence-corrected chi connectivity index (χ3v) is 4.39. The van der Waals surface area contributed by atoms with Gasteiger partial charge in [-0.05, 0) is 31.9 Å². The van der Waals surface area contributed by atoms with E-state index in [0.29, 0.717) is 12.1 Å². The summed E-state index contributed by atoms with van der Waals surface area (Å²) in [6.07, 6.45) is 2.92. The van der Waals surface area contributed by atoms with E-state index in [0.717, 1.165) is 38.9 Å². The van der Waals surface area contributed by atoms with Crippen LogP contribution in [0.1, 0.15) is 24.8 Å². The number of nitrogens with one attached hydrogen (secondary N) is 1. The maximum Gasteiger partial charge on any atom is 0.230 e. The maximum atomic E-state index is 13.7. The van der Waals surface area contributed by atoms with Crippen molar-refractivity contribution in [2.24, 2.45) is 5.41 Å². The molecule has 1 aromatic carbocycles. The normalized spacial score (nSPS) is 27.2. The molecule has 0 bridgehead atoms. The second-order valence-electron chi connectivity index (χ2n) is 5.63. The lowest BCUT2D eigenvalue weighted by atomic mass is 9.79. The molecule has 0 radical (unpaired) electrons. The summed E-state index contributed by atoms with van der Waals surface area (Å²) >= 11 is 0. The van der Waals surface area contributed by atoms with Crippen molar-refractivity contribution in [3.05, 3.63) is 35.6 Å². The fraction of sp³-hybridized carbons (Fsp3) is 0.533. The predicted molar refractivity (Wildman–Crippen MR) is 71.0 cm³/mol. The molecule has 1 N–H and O–H groups in total. The molecule has 1 spiro atoms. The minimum Gasteiger partial charge on any atom is -0.338 e. The van der Waals surface area contributed by atoms with Crippen LogP contribution in [0.2, 0.25) is 0 Å². The van der Waals surface area contributed by atoms with Crippen LogP contribution in [0.3, 0.4) is 0 Å². The van der Waals surface area contributed by atoms with E-state index in [-0.39, 0.29) is 17.1 Å². The summed E-state index contributed by atoms with van der Waals surface area (Å²) < 4.78 is 13.7. The Morgan fingerprint density at radius 3 is 2.89 bits per heavy atom. The summed E-state index contributed by atoms with van der Waals surface area (Å²) in [5.41, 5.74) is 0.389. The van der Waals surface area contributed by atoms with Gasteiger partial charge >= 0.3 is 0 Å². The third kappa shape index (κ3) is 2.25. The monoisotopic (exact) mass is 262 g/mol. The van der Waals surface area contributed by atoms with Crippen LogP contribution in [0, 0.1) is 11.2 Å². The Kier molecular flexibility index (Phi) is 3.27. The largest absolute Gasteiger partial charge is 0.338 e. The Morgan fingerprint density at radius 2 is 2.16 bits per heavy atom. The van der Waals surface area contributed by atoms with Gasteiger partial charge < -0.3 is 10.2 Å². The zero-order chi connectivity index (χ0) is 13.3. The van der Waals surface area contributed by atoms with Crippen LogP contribution >= 0.6 is 0 Å². The summed E-state index contributed by atoms with van der Waals surface area (Å²) in [6.45, 7) is 2.92. The highest BCUT2D eigenvalue weighted by Gasteiger charge is 2.46. The molecule has 1 unspecified atom stereocenters. The number of likely N-dealkylation sites (tertiary alicyclic amines) is 1. The van der Waals surface area contributed by atoms with Crippen LogP contribution in [0.5, 0.6) is 0 Å². The zero-order valence-electron chi connectivity index (χ0n) is 11.0. The molecule has 1 atom stereocenters. The van der Waals surface area contributed by atoms with Gasteiger partial charge in [-0.25, -0.2) is 4.39 Å². The highest BCUT2D eigenvalue weighted by molar-refractivity contribution is 5.85. The molecule has 0 aromatic heterocycles. The molecule has 2 heterocycles. The lowest BCUT2D eigenvalue weighted by Crippen LogP contribution is -2.45. The molecule has 1 amide bonds. The quantitative estimate of drug-likeness (QED) is 0.883. The van der Waals surface area contributed by atoms with E-state index in [1.54, 1.807) is 12.1 Å². The van der Waals surface area contributed by atoms with Crippen LogP contribution in [0.15, 0.2) is 24.3 Å². The van der Waals surface area contributed by atoms with Crippen LogP contribution in [0.4, 0.5) is 4.39 Å². The van der Waals surface area contributed by atoms with Crippen molar-refractivity contribution in [1.82, 2.24) is 10.2 Å². The van der Waals surface area contributed by atoms with Gasteiger partial charge in [-0.3, -0.25) is 4.79 Å². The first kappa shape index (κ1) is 12.6. The average Bonchev–Trinajstić information content (AvgIpc) is 2.72. The van der Waals surface area contributed by atoms with Crippen LogP contribution in [0.25, 0.3) is 0 Å². The van der Waals surface area contributed by atoms with Crippen molar-refractivity contribution in [2.75, 3.05) is 19.6 Å². The first-order valence-corrected chi connectivity index (χ1v) is 6.95. The summed E-state index contributed by atoms with van der Waals surface area (Å²) in [5, 5.41) is 3.32. The van der Waals surface area contributed by atoms with E-state index in [4.69, 9.17) is 0 Å². The maximum absolute atomic E-state index is 13.7. The van der Waals surface area contributed by atoms with Crippen molar-refractivity contribution in [3.8, 4) is 0 Å². The average molecular weight is 262 g/mol. The molecular weight excluding hydrogens is 243 g/mol. The van der Waals surface area contributed by atoms with Gasteiger partial charge in [-0.2, -0.15) is 0 Å². The zero-order valence-corrected chi connectivity index (χ0v) is 11.0. The Hall–Kier alpha value is -1.42. The van der Waals surface area contributed by atoms with Gasteiger partial charge in [-0.1, -0.05) is 18.2 Å². The number of hydrogen-bond donors (Lipinski definition) is 1. The molecule has 0 saturated carbocycles. The van der Waals surface area contributed by atoms with E-state index in [1.807, 2.05) is 11.0 Å². The van der Waals surface area contributed by atoms with Gasteiger partial charge in [-0.15, -0.1) is 0 Å². The van der Waals surface area contributed by atoms with E-state index < -0.39 is 0 Å². The number of carbonyl (C=O) groups is 1. The number of amides is 1. The number of piperidine rings is 1. The molecule has 3 rings (SSSR count). The van der Waals surface area contributed by atoms with Gasteiger partial charge in [0.15, 0.2) is 0 Å². The van der Waals surface area contributed by atoms with Crippen LogP contribution in [-0.4, -0.2) is 30.4 Å². The highest BCUT2D eigenvalue weighted by Crippen LogP contribution is 2.38. The lowest BCUT2D eigenvalue weighted by molar-refractivity contribution is -0.137. The topological polar surface area (TPSA) is 32.3 Å². The highest BCUT2D eigenvalue weighted by atomic mass is 19.1. The number of carbonyl (C=O) groups excluding carboxylic acids is 1. The Bertz CT molecular complexity index is 483. The van der Waals surface area contributed by atoms with Crippen molar-refractivity contribution < 1.29 is 9.18 Å². The number of benzene rings is 1. The van der Waals surface area contributed by atoms with E-state index in [2.05, 4.69) is 5.32 Å². The molecule has 2 fully saturated rings. The van der Waals surface area contributed by atoms with Gasteiger partial charge in [0.1, 0.15) is 5.82 Å². The molecule has 102 valence electrons. The van der Waals surface area contributed by atoms with Gasteiger partial charge in [0.2, 0.25) is 5.91 Å². The molecule has 19 heavy (non-hydrogen) atoms. The Morgan fingerprint density at radius 1 is 1.32 bits per heavy atom. The van der Waals surface area contributed by atoms with Crippen LogP contribution in [-0.2, 0) is 11.3 Å². The molecule has 2 saturated heterocycles. The Labute approximate surface area is 112 Å². The summed E-state index contributed by atoms with van der Waals surface area (Å²) in [4.78, 5) is 14.4. The van der Waals surface area contributed by atoms with Crippen molar-refractivity contribution in [1.29, 1.82) is 0 Å². The van der Waals surface area contributed by atoms with Crippen molar-refractivity contribution in [3.63, 3.8) is 0 Å². The van der Waals surface area contributed by atoms with Crippen molar-refractivity contribution in [2.45, 2.75) is 25.8 Å². The molecule has 4 heteroatoms. The SMILES string of the molecule is O=C1N(Cc2ccccc2F)CCC12CCCNC2.